The molecule has 0 aliphatic rings. The van der Waals surface area contributed by atoms with Crippen molar-refractivity contribution >= 4 is 38.4 Å². The fourth-order valence-electron chi connectivity index (χ4n) is 3.83. The van der Waals surface area contributed by atoms with Gasteiger partial charge in [-0.15, -0.1) is 0 Å². The number of aryl methyl sites for hydroxylation is 1. The molecule has 0 amide bonds. The number of hydrogen-bond donors (Lipinski definition) is 3. The van der Waals surface area contributed by atoms with Gasteiger partial charge in [0, 0.05) is 23.0 Å². The summed E-state index contributed by atoms with van der Waals surface area (Å²) in [4.78, 5) is 9.30. The van der Waals surface area contributed by atoms with Crippen molar-refractivity contribution in [3.05, 3.63) is 42.1 Å². The third-order valence-corrected chi connectivity index (χ3v) is 5.19. The maximum absolute atomic E-state index is 9.86. The van der Waals surface area contributed by atoms with Gasteiger partial charge in [-0.05, 0) is 62.0 Å². The highest BCUT2D eigenvalue weighted by molar-refractivity contribution is 6.23. The molecule has 0 saturated carbocycles. The first-order chi connectivity index (χ1) is 13.1. The molecule has 27 heavy (non-hydrogen) atoms. The standard InChI is InChI=1S/C22H26N4O/c1-4-14-13-24-22(23-10-5-11-26(2)3)20-19-17-8-7-16(27)12-15(17)6-9-18(19)25-21(14)20/h6-9,12-13,25,27H,4-5,10-11H2,1-3H3,(H,23,24)/p+1. The summed E-state index contributed by atoms with van der Waals surface area (Å²) in [5, 5.41) is 18.0. The van der Waals surface area contributed by atoms with E-state index in [4.69, 9.17) is 0 Å². The van der Waals surface area contributed by atoms with Crippen LogP contribution in [0.5, 0.6) is 5.75 Å². The lowest BCUT2D eigenvalue weighted by molar-refractivity contribution is -0.360. The summed E-state index contributed by atoms with van der Waals surface area (Å²) in [5.41, 5.74) is 3.57. The molecule has 0 atom stereocenters. The lowest BCUT2D eigenvalue weighted by atomic mass is 10.0. The Balaban J connectivity index is 1.91. The summed E-state index contributed by atoms with van der Waals surface area (Å²) in [7, 11) is 4.20. The highest BCUT2D eigenvalue weighted by atomic mass is 16.3. The number of aromatic hydroxyl groups is 1. The summed E-state index contributed by atoms with van der Waals surface area (Å²) in [6, 6.07) is 9.76. The number of nitrogens with zero attached hydrogens (tertiary/aromatic N) is 1. The molecular formula is C22H27N4O+. The topological polar surface area (TPSA) is 65.4 Å². The Morgan fingerprint density at radius 3 is 2.78 bits per heavy atom. The fourth-order valence-corrected chi connectivity index (χ4v) is 3.83. The normalized spacial score (nSPS) is 11.9. The molecule has 0 fully saturated rings. The Morgan fingerprint density at radius 1 is 1.15 bits per heavy atom. The van der Waals surface area contributed by atoms with Crippen LogP contribution in [-0.4, -0.2) is 42.2 Å². The van der Waals surface area contributed by atoms with Gasteiger partial charge in [-0.1, -0.05) is 13.0 Å². The molecule has 0 radical (unpaired) electrons. The molecule has 2 aromatic heterocycles. The first-order valence-electron chi connectivity index (χ1n) is 9.57. The van der Waals surface area contributed by atoms with Crippen LogP contribution in [-0.2, 0) is 6.42 Å². The lowest BCUT2D eigenvalue weighted by Crippen LogP contribution is -2.19. The van der Waals surface area contributed by atoms with Gasteiger partial charge in [-0.25, -0.2) is 4.98 Å². The largest absolute Gasteiger partial charge is 0.508 e. The Bertz CT molecular complexity index is 1110. The zero-order valence-corrected chi connectivity index (χ0v) is 16.2. The van der Waals surface area contributed by atoms with Gasteiger partial charge < -0.3 is 15.0 Å². The second-order valence-corrected chi connectivity index (χ2v) is 7.39. The van der Waals surface area contributed by atoms with Gasteiger partial charge >= 0.3 is 0 Å². The molecular weight excluding hydrogens is 336 g/mol. The third-order valence-electron chi connectivity index (χ3n) is 5.19. The van der Waals surface area contributed by atoms with Gasteiger partial charge in [0.1, 0.15) is 5.75 Å². The maximum atomic E-state index is 9.86. The summed E-state index contributed by atoms with van der Waals surface area (Å²) in [6.45, 7) is 4.14. The number of phenols is 1. The second-order valence-electron chi connectivity index (χ2n) is 7.39. The Labute approximate surface area is 159 Å². The monoisotopic (exact) mass is 363 g/mol. The van der Waals surface area contributed by atoms with Crippen molar-refractivity contribution in [2.45, 2.75) is 19.8 Å². The van der Waals surface area contributed by atoms with Gasteiger partial charge in [-0.3, -0.25) is 5.32 Å². The second kappa shape index (κ2) is 7.08. The van der Waals surface area contributed by atoms with Crippen molar-refractivity contribution in [2.75, 3.05) is 32.5 Å². The molecule has 0 spiro atoms. The van der Waals surface area contributed by atoms with E-state index in [1.165, 1.54) is 21.9 Å². The number of phenolic OH excluding ortho intramolecular Hbond substituents is 1. The number of rotatable bonds is 6. The van der Waals surface area contributed by atoms with Crippen LogP contribution in [0.3, 0.4) is 0 Å². The van der Waals surface area contributed by atoms with Crippen LogP contribution in [0.4, 0.5) is 5.82 Å². The Hall–Kier alpha value is -2.79. The maximum Gasteiger partial charge on any atom is 0.282 e. The first-order valence-corrected chi connectivity index (χ1v) is 9.57. The number of H-pyrrole nitrogens is 2. The third kappa shape index (κ3) is 3.19. The number of hydrogen-bond acceptors (Lipinski definition) is 3. The zero-order chi connectivity index (χ0) is 19.0. The number of nitrogens with one attached hydrogen (secondary N) is 3. The summed E-state index contributed by atoms with van der Waals surface area (Å²) in [5.74, 6) is 1.34. The van der Waals surface area contributed by atoms with E-state index in [0.717, 1.165) is 48.0 Å². The summed E-state index contributed by atoms with van der Waals surface area (Å²) >= 11 is 0. The van der Waals surface area contributed by atoms with Crippen LogP contribution >= 0.6 is 0 Å². The van der Waals surface area contributed by atoms with Crippen molar-refractivity contribution in [1.29, 1.82) is 0 Å². The molecule has 4 rings (SSSR count). The van der Waals surface area contributed by atoms with Crippen LogP contribution in [0.2, 0.25) is 0 Å². The summed E-state index contributed by atoms with van der Waals surface area (Å²) < 4.78 is 0. The molecule has 5 heteroatoms. The van der Waals surface area contributed by atoms with Crippen LogP contribution in [0, 0.1) is 0 Å². The Morgan fingerprint density at radius 2 is 2.00 bits per heavy atom. The number of aromatic amines is 2. The minimum atomic E-state index is 0.296. The van der Waals surface area contributed by atoms with Crippen LogP contribution in [0.25, 0.3) is 32.6 Å². The van der Waals surface area contributed by atoms with Crippen LogP contribution < -0.4 is 10.3 Å². The molecule has 0 unspecified atom stereocenters. The minimum absolute atomic E-state index is 0.296. The zero-order valence-electron chi connectivity index (χ0n) is 16.2. The molecule has 0 aliphatic heterocycles. The molecule has 4 aromatic rings. The number of pyridine rings is 1. The quantitative estimate of drug-likeness (QED) is 0.455. The van der Waals surface area contributed by atoms with Crippen molar-refractivity contribution in [3.63, 3.8) is 0 Å². The smallest absolute Gasteiger partial charge is 0.282 e. The van der Waals surface area contributed by atoms with Crippen molar-refractivity contribution in [3.8, 4) is 5.75 Å². The minimum Gasteiger partial charge on any atom is -0.508 e. The van der Waals surface area contributed by atoms with E-state index in [9.17, 15) is 5.11 Å². The highest BCUT2D eigenvalue weighted by Gasteiger charge is 2.19. The van der Waals surface area contributed by atoms with Crippen LogP contribution in [0.15, 0.2) is 36.5 Å². The van der Waals surface area contributed by atoms with Crippen LogP contribution in [0.1, 0.15) is 18.9 Å². The number of benzene rings is 2. The molecule has 0 saturated heterocycles. The van der Waals surface area contributed by atoms with E-state index in [-0.39, 0.29) is 0 Å². The molecule has 2 heterocycles. The van der Waals surface area contributed by atoms with Crippen molar-refractivity contribution < 1.29 is 10.1 Å². The van der Waals surface area contributed by atoms with Gasteiger partial charge in [-0.2, -0.15) is 0 Å². The van der Waals surface area contributed by atoms with E-state index in [2.05, 4.69) is 59.5 Å². The predicted molar refractivity (Wildman–Crippen MR) is 113 cm³/mol. The molecule has 140 valence electrons. The van der Waals surface area contributed by atoms with E-state index in [1.54, 1.807) is 6.07 Å². The van der Waals surface area contributed by atoms with Gasteiger partial charge in [0.25, 0.3) is 5.82 Å². The molecule has 0 aliphatic carbocycles. The first kappa shape index (κ1) is 17.6. The Kier molecular flexibility index (Phi) is 4.62. The highest BCUT2D eigenvalue weighted by Crippen LogP contribution is 2.36. The average molecular weight is 363 g/mol. The van der Waals surface area contributed by atoms with E-state index in [1.807, 2.05) is 12.1 Å². The SMILES string of the molecule is CCc1c[nH+]c(NCCCN(C)C)c2c1[nH]c1ccc3cc(O)ccc3c12. The van der Waals surface area contributed by atoms with Gasteiger partial charge in [0.15, 0.2) is 0 Å². The molecule has 0 bridgehead atoms. The van der Waals surface area contributed by atoms with Crippen molar-refractivity contribution in [1.82, 2.24) is 9.88 Å². The van der Waals surface area contributed by atoms with Gasteiger partial charge in [0.05, 0.1) is 23.6 Å². The number of aromatic nitrogens is 2. The van der Waals surface area contributed by atoms with Gasteiger partial charge in [0.2, 0.25) is 0 Å². The number of anilines is 1. The molecule has 2 aromatic carbocycles. The van der Waals surface area contributed by atoms with E-state index < -0.39 is 0 Å². The van der Waals surface area contributed by atoms with Crippen molar-refractivity contribution in [2.24, 2.45) is 0 Å². The molecule has 5 nitrogen and oxygen atoms in total. The summed E-state index contributed by atoms with van der Waals surface area (Å²) in [6.07, 6.45) is 4.13. The number of fused-ring (bicyclic) bond motifs is 5. The average Bonchev–Trinajstić information content (AvgIpc) is 3.05. The molecule has 4 N–H and O–H groups in total. The van der Waals surface area contributed by atoms with E-state index in [0.29, 0.717) is 5.75 Å². The van der Waals surface area contributed by atoms with E-state index >= 15 is 0 Å². The predicted octanol–water partition coefficient (Wildman–Crippen LogP) is 3.92. The fraction of sp³-hybridized carbons (Fsp3) is 0.318. The lowest BCUT2D eigenvalue weighted by Gasteiger charge is -2.08.